The molecule has 1 atom stereocenters. The lowest BCUT2D eigenvalue weighted by Crippen LogP contribution is -2.31. The Labute approximate surface area is 249 Å². The lowest BCUT2D eigenvalue weighted by molar-refractivity contribution is 0.402. The first kappa shape index (κ1) is 25.4. The van der Waals surface area contributed by atoms with E-state index in [0.717, 1.165) is 61.5 Å². The Morgan fingerprint density at radius 2 is 1.51 bits per heavy atom. The fraction of sp³-hybridized carbons (Fsp3) is 0.105. The number of aromatic nitrogens is 2. The molecule has 4 nitrogen and oxygen atoms in total. The number of halogens is 1. The van der Waals surface area contributed by atoms with E-state index in [2.05, 4.69) is 48.0 Å². The molecule has 3 aromatic heterocycles. The van der Waals surface area contributed by atoms with Crippen molar-refractivity contribution in [2.24, 2.45) is 0 Å². The molecule has 0 radical (unpaired) electrons. The summed E-state index contributed by atoms with van der Waals surface area (Å²) in [6.45, 7) is 4.44. The van der Waals surface area contributed by atoms with E-state index < -0.39 is 6.17 Å². The topological polar surface area (TPSA) is 42.2 Å². The molecule has 4 aromatic carbocycles. The molecule has 0 saturated carbocycles. The van der Waals surface area contributed by atoms with Crippen molar-refractivity contribution in [1.82, 2.24) is 9.97 Å². The molecule has 1 unspecified atom stereocenters. The maximum absolute atomic E-state index is 16.3. The molecule has 0 saturated heterocycles. The minimum atomic E-state index is -1.31. The van der Waals surface area contributed by atoms with Crippen LogP contribution in [0, 0.1) is 0 Å². The number of furan rings is 1. The second-order valence-electron chi connectivity index (χ2n) is 11.6. The summed E-state index contributed by atoms with van der Waals surface area (Å²) in [5.74, 6) is 0.833. The molecule has 0 amide bonds. The first-order chi connectivity index (χ1) is 21.0. The molecule has 0 spiro atoms. The van der Waals surface area contributed by atoms with Crippen molar-refractivity contribution in [3.8, 4) is 11.3 Å². The molecule has 0 fully saturated rings. The van der Waals surface area contributed by atoms with Crippen LogP contribution < -0.4 is 4.90 Å². The van der Waals surface area contributed by atoms with Gasteiger partial charge in [0.25, 0.3) is 0 Å². The summed E-state index contributed by atoms with van der Waals surface area (Å²) in [6.07, 6.45) is 2.25. The molecule has 1 aliphatic rings. The number of benzene rings is 4. The Morgan fingerprint density at radius 1 is 0.721 bits per heavy atom. The van der Waals surface area contributed by atoms with E-state index in [-0.39, 0.29) is 5.41 Å². The van der Waals surface area contributed by atoms with Gasteiger partial charge in [0, 0.05) is 51.0 Å². The lowest BCUT2D eigenvalue weighted by atomic mass is 9.74. The monoisotopic (exact) mass is 561 g/mol. The lowest BCUT2D eigenvalue weighted by Gasteiger charge is -2.40. The van der Waals surface area contributed by atoms with Crippen molar-refractivity contribution in [2.75, 3.05) is 4.90 Å². The molecule has 5 heteroatoms. The zero-order chi connectivity index (χ0) is 29.1. The number of nitrogens with zero attached hydrogens (tertiary/aromatic N) is 3. The summed E-state index contributed by atoms with van der Waals surface area (Å²) >= 11 is 0. The number of fused-ring (bicyclic) bond motifs is 6. The number of anilines is 3. The van der Waals surface area contributed by atoms with Crippen LogP contribution in [0.25, 0.3) is 33.2 Å². The molecule has 0 bridgehead atoms. The van der Waals surface area contributed by atoms with Crippen LogP contribution in [0.4, 0.5) is 21.6 Å². The third kappa shape index (κ3) is 3.96. The summed E-state index contributed by atoms with van der Waals surface area (Å²) in [5, 5.41) is 2.18. The number of hydrogen-bond acceptors (Lipinski definition) is 4. The second-order valence-corrected chi connectivity index (χ2v) is 11.6. The first-order valence-corrected chi connectivity index (χ1v) is 14.5. The molecular formula is C38H28FN3O. The van der Waals surface area contributed by atoms with Gasteiger partial charge >= 0.3 is 0 Å². The Hall–Kier alpha value is -5.29. The average Bonchev–Trinajstić information content (AvgIpc) is 3.43. The third-order valence-corrected chi connectivity index (χ3v) is 8.62. The maximum atomic E-state index is 16.3. The molecule has 8 rings (SSSR count). The van der Waals surface area contributed by atoms with Gasteiger partial charge < -0.3 is 4.42 Å². The SMILES string of the molecule is CC1(C)c2cccnc2N(c2cccc(C(F)c3cccc(-c4ccccn4)c3)c2)c2ccc3c(oc4ccccc43)c21. The van der Waals surface area contributed by atoms with E-state index in [1.807, 2.05) is 97.2 Å². The predicted molar refractivity (Wildman–Crippen MR) is 171 cm³/mol. The van der Waals surface area contributed by atoms with Gasteiger partial charge in [0.1, 0.15) is 17.0 Å². The zero-order valence-electron chi connectivity index (χ0n) is 23.8. The number of rotatable bonds is 4. The molecule has 0 N–H and O–H groups in total. The minimum Gasteiger partial charge on any atom is -0.456 e. The maximum Gasteiger partial charge on any atom is 0.150 e. The van der Waals surface area contributed by atoms with E-state index in [0.29, 0.717) is 11.1 Å². The van der Waals surface area contributed by atoms with E-state index >= 15 is 4.39 Å². The molecule has 43 heavy (non-hydrogen) atoms. The normalized spacial score (nSPS) is 14.4. The van der Waals surface area contributed by atoms with Crippen molar-refractivity contribution in [1.29, 1.82) is 0 Å². The first-order valence-electron chi connectivity index (χ1n) is 14.5. The van der Waals surface area contributed by atoms with E-state index in [1.54, 1.807) is 6.20 Å². The van der Waals surface area contributed by atoms with Crippen molar-refractivity contribution in [3.63, 3.8) is 0 Å². The van der Waals surface area contributed by atoms with Gasteiger partial charge in [-0.25, -0.2) is 9.37 Å². The standard InChI is InChI=1S/C38H28FN3O/c1-38(2)30-15-9-21-41-37(30)42(32-19-18-29-28-14-3-4-17-33(28)43-36(29)34(32)38)27-13-8-12-26(23-27)35(39)25-11-7-10-24(22-25)31-16-5-6-20-40-31/h3-23,35H,1-2H3. The van der Waals surface area contributed by atoms with E-state index in [1.165, 1.54) is 0 Å². The molecule has 7 aromatic rings. The molecule has 208 valence electrons. The van der Waals surface area contributed by atoms with Gasteiger partial charge in [0.2, 0.25) is 0 Å². The number of para-hydroxylation sites is 1. The van der Waals surface area contributed by atoms with Crippen LogP contribution >= 0.6 is 0 Å². The smallest absolute Gasteiger partial charge is 0.150 e. The highest BCUT2D eigenvalue weighted by Crippen LogP contribution is 2.54. The van der Waals surface area contributed by atoms with Crippen molar-refractivity contribution in [3.05, 3.63) is 150 Å². The quantitative estimate of drug-likeness (QED) is 0.214. The van der Waals surface area contributed by atoms with Crippen LogP contribution in [0.5, 0.6) is 0 Å². The summed E-state index contributed by atoms with van der Waals surface area (Å²) in [6, 6.07) is 37.6. The second kappa shape index (κ2) is 9.63. The van der Waals surface area contributed by atoms with Crippen LogP contribution in [0.15, 0.2) is 132 Å². The van der Waals surface area contributed by atoms with Crippen molar-refractivity contribution >= 4 is 39.1 Å². The highest BCUT2D eigenvalue weighted by atomic mass is 19.1. The minimum absolute atomic E-state index is 0.380. The Balaban J connectivity index is 1.28. The van der Waals surface area contributed by atoms with Crippen LogP contribution in [0.2, 0.25) is 0 Å². The number of pyridine rings is 2. The fourth-order valence-electron chi connectivity index (χ4n) is 6.55. The summed E-state index contributed by atoms with van der Waals surface area (Å²) in [7, 11) is 0. The van der Waals surface area contributed by atoms with E-state index in [4.69, 9.17) is 9.40 Å². The van der Waals surface area contributed by atoms with Gasteiger partial charge in [0.15, 0.2) is 6.17 Å². The Bertz CT molecular complexity index is 2150. The predicted octanol–water partition coefficient (Wildman–Crippen LogP) is 10.2. The summed E-state index contributed by atoms with van der Waals surface area (Å²) in [5.41, 5.74) is 8.21. The highest BCUT2D eigenvalue weighted by Gasteiger charge is 2.40. The van der Waals surface area contributed by atoms with Crippen LogP contribution in [-0.2, 0) is 5.41 Å². The fourth-order valence-corrected chi connectivity index (χ4v) is 6.55. The Kier molecular flexibility index (Phi) is 5.70. The van der Waals surface area contributed by atoms with Gasteiger partial charge in [-0.2, -0.15) is 0 Å². The number of alkyl halides is 1. The molecule has 1 aliphatic heterocycles. The average molecular weight is 562 g/mol. The molecule has 0 aliphatic carbocycles. The largest absolute Gasteiger partial charge is 0.456 e. The van der Waals surface area contributed by atoms with Crippen molar-refractivity contribution < 1.29 is 8.81 Å². The molecule has 4 heterocycles. The van der Waals surface area contributed by atoms with Gasteiger partial charge in [-0.15, -0.1) is 0 Å². The van der Waals surface area contributed by atoms with E-state index in [9.17, 15) is 0 Å². The van der Waals surface area contributed by atoms with Gasteiger partial charge in [0.05, 0.1) is 11.4 Å². The zero-order valence-corrected chi connectivity index (χ0v) is 23.8. The van der Waals surface area contributed by atoms with Crippen LogP contribution in [0.1, 0.15) is 42.3 Å². The summed E-state index contributed by atoms with van der Waals surface area (Å²) in [4.78, 5) is 11.5. The van der Waals surface area contributed by atoms with Gasteiger partial charge in [-0.05, 0) is 65.7 Å². The van der Waals surface area contributed by atoms with Crippen LogP contribution in [-0.4, -0.2) is 9.97 Å². The third-order valence-electron chi connectivity index (χ3n) is 8.62. The van der Waals surface area contributed by atoms with Crippen molar-refractivity contribution in [2.45, 2.75) is 25.4 Å². The number of hydrogen-bond donors (Lipinski definition) is 0. The van der Waals surface area contributed by atoms with Crippen LogP contribution in [0.3, 0.4) is 0 Å². The Morgan fingerprint density at radius 3 is 2.37 bits per heavy atom. The van der Waals surface area contributed by atoms with Gasteiger partial charge in [-0.3, -0.25) is 9.88 Å². The highest BCUT2D eigenvalue weighted by molar-refractivity contribution is 6.09. The molecular weight excluding hydrogens is 533 g/mol. The van der Waals surface area contributed by atoms with Gasteiger partial charge in [-0.1, -0.05) is 74.5 Å². The summed E-state index contributed by atoms with van der Waals surface area (Å²) < 4.78 is 22.8.